The van der Waals surface area contributed by atoms with Crippen LogP contribution in [0.4, 0.5) is 5.69 Å². The molecule has 0 aliphatic carbocycles. The second kappa shape index (κ2) is 10.2. The third-order valence-electron chi connectivity index (χ3n) is 3.23. The third-order valence-corrected chi connectivity index (χ3v) is 3.23. The molecule has 7 nitrogen and oxygen atoms in total. The molecule has 0 bridgehead atoms. The van der Waals surface area contributed by atoms with Crippen LogP contribution in [0.3, 0.4) is 0 Å². The second-order valence-corrected chi connectivity index (χ2v) is 5.32. The van der Waals surface area contributed by atoms with Crippen LogP contribution < -0.4 is 20.1 Å². The molecule has 1 heterocycles. The van der Waals surface area contributed by atoms with Crippen molar-refractivity contribution in [3.8, 4) is 11.5 Å². The van der Waals surface area contributed by atoms with E-state index in [0.717, 1.165) is 17.9 Å². The second-order valence-electron chi connectivity index (χ2n) is 5.32. The van der Waals surface area contributed by atoms with E-state index in [1.54, 1.807) is 14.1 Å². The molecule has 1 aliphatic rings. The number of benzene rings is 1. The molecule has 1 aromatic rings. The third kappa shape index (κ3) is 6.06. The van der Waals surface area contributed by atoms with E-state index >= 15 is 0 Å². The Morgan fingerprint density at radius 1 is 1.25 bits per heavy atom. The van der Waals surface area contributed by atoms with Crippen LogP contribution in [-0.2, 0) is 4.79 Å². The van der Waals surface area contributed by atoms with E-state index in [-0.39, 0.29) is 36.4 Å². The number of aliphatic imine (C=N–C) groups is 1. The molecular formula is C16H25IN4O3. The number of fused-ring (bicyclic) bond motifs is 1. The van der Waals surface area contributed by atoms with Gasteiger partial charge in [-0.15, -0.1) is 24.0 Å². The fourth-order valence-electron chi connectivity index (χ4n) is 1.97. The Morgan fingerprint density at radius 2 is 1.96 bits per heavy atom. The summed E-state index contributed by atoms with van der Waals surface area (Å²) in [6.07, 6.45) is 0.869. The Kier molecular flexibility index (Phi) is 8.66. The largest absolute Gasteiger partial charge is 0.490 e. The number of ether oxygens (including phenoxy) is 2. The number of carbonyl (C=O) groups excluding carboxylic acids is 1. The zero-order valence-electron chi connectivity index (χ0n) is 14.3. The summed E-state index contributed by atoms with van der Waals surface area (Å²) in [5.41, 5.74) is 0.825. The van der Waals surface area contributed by atoms with Gasteiger partial charge in [-0.1, -0.05) is 0 Å². The van der Waals surface area contributed by atoms with Gasteiger partial charge in [0.15, 0.2) is 17.5 Å². The van der Waals surface area contributed by atoms with Crippen LogP contribution in [-0.4, -0.2) is 57.2 Å². The van der Waals surface area contributed by atoms with E-state index in [9.17, 15) is 4.79 Å². The highest BCUT2D eigenvalue weighted by atomic mass is 127. The first-order valence-electron chi connectivity index (χ1n) is 7.75. The first-order chi connectivity index (χ1) is 11.1. The van der Waals surface area contributed by atoms with Crippen LogP contribution in [0.5, 0.6) is 11.5 Å². The SMILES string of the molecule is CCNC(=NCC(=O)N(C)C)Nc1ccc2c(c1)OCCCO2.I. The monoisotopic (exact) mass is 448 g/mol. The zero-order valence-corrected chi connectivity index (χ0v) is 16.6. The number of carbonyl (C=O) groups is 1. The summed E-state index contributed by atoms with van der Waals surface area (Å²) >= 11 is 0. The smallest absolute Gasteiger partial charge is 0.243 e. The summed E-state index contributed by atoms with van der Waals surface area (Å²) in [6, 6.07) is 5.65. The Morgan fingerprint density at radius 3 is 2.62 bits per heavy atom. The van der Waals surface area contributed by atoms with Crippen LogP contribution in [0.2, 0.25) is 0 Å². The number of rotatable bonds is 4. The zero-order chi connectivity index (χ0) is 16.7. The first-order valence-corrected chi connectivity index (χ1v) is 7.75. The maximum Gasteiger partial charge on any atom is 0.243 e. The molecule has 0 radical (unpaired) electrons. The van der Waals surface area contributed by atoms with Crippen LogP contribution in [0, 0.1) is 0 Å². The maximum atomic E-state index is 11.7. The van der Waals surface area contributed by atoms with Gasteiger partial charge in [0, 0.05) is 38.8 Å². The Balaban J connectivity index is 0.00000288. The van der Waals surface area contributed by atoms with Gasteiger partial charge < -0.3 is 25.0 Å². The molecule has 0 spiro atoms. The highest BCUT2D eigenvalue weighted by Crippen LogP contribution is 2.32. The molecule has 2 rings (SSSR count). The van der Waals surface area contributed by atoms with Crippen molar-refractivity contribution in [3.63, 3.8) is 0 Å². The van der Waals surface area contributed by atoms with Gasteiger partial charge in [-0.3, -0.25) is 4.79 Å². The van der Waals surface area contributed by atoms with E-state index in [1.807, 2.05) is 25.1 Å². The summed E-state index contributed by atoms with van der Waals surface area (Å²) in [4.78, 5) is 17.5. The summed E-state index contributed by atoms with van der Waals surface area (Å²) in [6.45, 7) is 4.07. The molecule has 0 saturated carbocycles. The average Bonchev–Trinajstić information content (AvgIpc) is 2.77. The van der Waals surface area contributed by atoms with Crippen molar-refractivity contribution in [1.82, 2.24) is 10.2 Å². The molecule has 1 aliphatic heterocycles. The molecule has 2 N–H and O–H groups in total. The lowest BCUT2D eigenvalue weighted by Gasteiger charge is -2.14. The lowest BCUT2D eigenvalue weighted by atomic mass is 10.3. The number of amides is 1. The van der Waals surface area contributed by atoms with E-state index in [0.29, 0.717) is 31.5 Å². The minimum absolute atomic E-state index is 0. The maximum absolute atomic E-state index is 11.7. The van der Waals surface area contributed by atoms with Crippen molar-refractivity contribution in [2.45, 2.75) is 13.3 Å². The van der Waals surface area contributed by atoms with Crippen molar-refractivity contribution in [2.24, 2.45) is 4.99 Å². The van der Waals surface area contributed by atoms with E-state index in [1.165, 1.54) is 4.90 Å². The topological polar surface area (TPSA) is 75.2 Å². The predicted molar refractivity (Wildman–Crippen MR) is 106 cm³/mol. The minimum atomic E-state index is -0.0548. The summed E-state index contributed by atoms with van der Waals surface area (Å²) in [7, 11) is 3.42. The molecule has 0 unspecified atom stereocenters. The number of hydrogen-bond acceptors (Lipinski definition) is 4. The fourth-order valence-corrected chi connectivity index (χ4v) is 1.97. The molecule has 1 aromatic carbocycles. The van der Waals surface area contributed by atoms with Crippen molar-refractivity contribution < 1.29 is 14.3 Å². The van der Waals surface area contributed by atoms with E-state index in [2.05, 4.69) is 15.6 Å². The van der Waals surface area contributed by atoms with Gasteiger partial charge in [-0.05, 0) is 19.1 Å². The number of hydrogen-bond donors (Lipinski definition) is 2. The highest BCUT2D eigenvalue weighted by molar-refractivity contribution is 14.0. The quantitative estimate of drug-likeness (QED) is 0.419. The fraction of sp³-hybridized carbons (Fsp3) is 0.500. The molecule has 1 amide bonds. The number of anilines is 1. The molecule has 8 heteroatoms. The Labute approximate surface area is 159 Å². The van der Waals surface area contributed by atoms with Crippen LogP contribution in [0.25, 0.3) is 0 Å². The summed E-state index contributed by atoms with van der Waals surface area (Å²) < 4.78 is 11.3. The van der Waals surface area contributed by atoms with Gasteiger partial charge in [0.1, 0.15) is 6.54 Å². The molecule has 134 valence electrons. The molecule has 0 saturated heterocycles. The first kappa shape index (κ1) is 20.3. The lowest BCUT2D eigenvalue weighted by molar-refractivity contribution is -0.127. The number of nitrogens with one attached hydrogen (secondary N) is 2. The summed E-state index contributed by atoms with van der Waals surface area (Å²) in [5.74, 6) is 1.96. The van der Waals surface area contributed by atoms with Crippen LogP contribution in [0.1, 0.15) is 13.3 Å². The summed E-state index contributed by atoms with van der Waals surface area (Å²) in [5, 5.41) is 6.29. The number of halogens is 1. The average molecular weight is 448 g/mol. The van der Waals surface area contributed by atoms with Crippen LogP contribution in [0.15, 0.2) is 23.2 Å². The van der Waals surface area contributed by atoms with Crippen molar-refractivity contribution in [3.05, 3.63) is 18.2 Å². The Bertz CT molecular complexity index is 578. The van der Waals surface area contributed by atoms with Gasteiger partial charge >= 0.3 is 0 Å². The van der Waals surface area contributed by atoms with Crippen molar-refractivity contribution in [1.29, 1.82) is 0 Å². The number of nitrogens with zero attached hydrogens (tertiary/aromatic N) is 2. The highest BCUT2D eigenvalue weighted by Gasteiger charge is 2.11. The van der Waals surface area contributed by atoms with Gasteiger partial charge in [0.05, 0.1) is 13.2 Å². The molecule has 0 atom stereocenters. The molecule has 24 heavy (non-hydrogen) atoms. The van der Waals surface area contributed by atoms with Gasteiger partial charge in [-0.25, -0.2) is 4.99 Å². The standard InChI is InChI=1S/C16H24N4O3.HI/c1-4-17-16(18-11-15(21)20(2)3)19-12-6-7-13-14(10-12)23-9-5-8-22-13;/h6-7,10H,4-5,8-9,11H2,1-3H3,(H2,17,18,19);1H. The van der Waals surface area contributed by atoms with Crippen molar-refractivity contribution in [2.75, 3.05) is 45.7 Å². The van der Waals surface area contributed by atoms with Gasteiger partial charge in [-0.2, -0.15) is 0 Å². The number of likely N-dealkylation sites (N-methyl/N-ethyl adjacent to an activating group) is 1. The molecular weight excluding hydrogens is 423 g/mol. The van der Waals surface area contributed by atoms with Crippen LogP contribution >= 0.6 is 24.0 Å². The van der Waals surface area contributed by atoms with E-state index in [4.69, 9.17) is 9.47 Å². The Hall–Kier alpha value is -1.71. The normalized spacial score (nSPS) is 13.4. The lowest BCUT2D eigenvalue weighted by Crippen LogP contribution is -2.32. The van der Waals surface area contributed by atoms with Gasteiger partial charge in [0.25, 0.3) is 0 Å². The molecule has 0 fully saturated rings. The predicted octanol–water partition coefficient (Wildman–Crippen LogP) is 1.93. The van der Waals surface area contributed by atoms with Gasteiger partial charge in [0.2, 0.25) is 5.91 Å². The van der Waals surface area contributed by atoms with E-state index < -0.39 is 0 Å². The number of guanidine groups is 1. The molecule has 0 aromatic heterocycles. The van der Waals surface area contributed by atoms with Crippen molar-refractivity contribution >= 4 is 41.5 Å². The minimum Gasteiger partial charge on any atom is -0.490 e.